The minimum absolute atomic E-state index is 0.109. The lowest BCUT2D eigenvalue weighted by molar-refractivity contribution is 0.0600. The van der Waals surface area contributed by atoms with Gasteiger partial charge in [0.05, 0.1) is 26.9 Å². The normalized spacial score (nSPS) is 10.5. The first-order chi connectivity index (χ1) is 18.3. The molecule has 10 nitrogen and oxygen atoms in total. The van der Waals surface area contributed by atoms with Crippen molar-refractivity contribution in [2.75, 3.05) is 38.1 Å². The Balaban J connectivity index is 1.64. The van der Waals surface area contributed by atoms with Crippen LogP contribution in [0.2, 0.25) is 0 Å². The Kier molecular flexibility index (Phi) is 7.72. The minimum atomic E-state index is -0.470. The van der Waals surface area contributed by atoms with E-state index in [9.17, 15) is 9.59 Å². The Bertz CT molecular complexity index is 1490. The summed E-state index contributed by atoms with van der Waals surface area (Å²) in [6.07, 6.45) is 2.04. The van der Waals surface area contributed by atoms with E-state index in [1.54, 1.807) is 50.7 Å². The van der Waals surface area contributed by atoms with Crippen LogP contribution in [0.4, 0.5) is 17.5 Å². The van der Waals surface area contributed by atoms with Crippen LogP contribution in [0.25, 0.3) is 11.1 Å². The Hall–Kier alpha value is -5.12. The van der Waals surface area contributed by atoms with E-state index in [0.717, 1.165) is 22.3 Å². The van der Waals surface area contributed by atoms with E-state index in [-0.39, 0.29) is 11.9 Å². The second kappa shape index (κ2) is 11.3. The molecule has 0 saturated carbocycles. The summed E-state index contributed by atoms with van der Waals surface area (Å²) >= 11 is 0. The van der Waals surface area contributed by atoms with Gasteiger partial charge in [0.2, 0.25) is 5.95 Å². The Morgan fingerprint density at radius 3 is 2.32 bits per heavy atom. The first-order valence-electron chi connectivity index (χ1n) is 11.5. The van der Waals surface area contributed by atoms with Gasteiger partial charge < -0.3 is 31.0 Å². The van der Waals surface area contributed by atoms with E-state index in [0.29, 0.717) is 40.6 Å². The molecule has 0 saturated heterocycles. The molecular weight excluding hydrogens is 486 g/mol. The number of carbonyl (C=O) groups is 2. The molecule has 0 aliphatic carbocycles. The van der Waals surface area contributed by atoms with E-state index in [2.05, 4.69) is 15.3 Å². The van der Waals surface area contributed by atoms with E-state index in [4.69, 9.17) is 25.7 Å². The van der Waals surface area contributed by atoms with Gasteiger partial charge >= 0.3 is 5.97 Å². The molecule has 3 aromatic carbocycles. The summed E-state index contributed by atoms with van der Waals surface area (Å²) in [5.74, 6) is 0.698. The van der Waals surface area contributed by atoms with Crippen LogP contribution in [-0.2, 0) is 11.2 Å². The fourth-order valence-electron chi connectivity index (χ4n) is 3.97. The molecule has 0 unspecified atom stereocenters. The molecule has 194 valence electrons. The largest absolute Gasteiger partial charge is 0.493 e. The molecule has 5 N–H and O–H groups in total. The first kappa shape index (κ1) is 26.0. The highest BCUT2D eigenvalue weighted by Crippen LogP contribution is 2.40. The van der Waals surface area contributed by atoms with Crippen molar-refractivity contribution in [2.24, 2.45) is 0 Å². The van der Waals surface area contributed by atoms with Gasteiger partial charge in [-0.2, -0.15) is 4.98 Å². The molecule has 10 heteroatoms. The number of rotatable bonds is 8. The average molecular weight is 514 g/mol. The lowest BCUT2D eigenvalue weighted by Crippen LogP contribution is -2.12. The van der Waals surface area contributed by atoms with Crippen molar-refractivity contribution in [1.82, 2.24) is 9.97 Å². The van der Waals surface area contributed by atoms with Crippen LogP contribution in [0.1, 0.15) is 31.8 Å². The van der Waals surface area contributed by atoms with Crippen molar-refractivity contribution >= 4 is 29.3 Å². The summed E-state index contributed by atoms with van der Waals surface area (Å²) in [5, 5.41) is 2.89. The number of nitrogens with zero attached hydrogens (tertiary/aromatic N) is 2. The molecule has 1 amide bonds. The number of amides is 1. The number of hydrogen-bond donors (Lipinski definition) is 3. The molecular formula is C28H27N5O5. The third kappa shape index (κ3) is 5.65. The van der Waals surface area contributed by atoms with Crippen molar-refractivity contribution in [2.45, 2.75) is 6.42 Å². The lowest BCUT2D eigenvalue weighted by atomic mass is 9.97. The number of benzene rings is 3. The number of nitrogen functional groups attached to an aromatic ring is 2. The third-order valence-electron chi connectivity index (χ3n) is 5.85. The van der Waals surface area contributed by atoms with Gasteiger partial charge in [-0.3, -0.25) is 4.79 Å². The molecule has 0 radical (unpaired) electrons. The zero-order chi connectivity index (χ0) is 27.2. The van der Waals surface area contributed by atoms with Crippen LogP contribution in [0.15, 0.2) is 66.9 Å². The number of nitrogens with two attached hydrogens (primary N) is 2. The maximum absolute atomic E-state index is 12.8. The highest BCUT2D eigenvalue weighted by Gasteiger charge is 2.17. The molecule has 38 heavy (non-hydrogen) atoms. The van der Waals surface area contributed by atoms with Crippen molar-refractivity contribution in [3.05, 3.63) is 89.1 Å². The summed E-state index contributed by atoms with van der Waals surface area (Å²) in [7, 11) is 4.43. The van der Waals surface area contributed by atoms with Crippen LogP contribution >= 0.6 is 0 Å². The predicted octanol–water partition coefficient (Wildman–Crippen LogP) is 3.95. The SMILES string of the molecule is COC(=O)c1ccc(C(=O)Nc2cccc(-c3cc(Cc4cnc(N)nc4N)cc(OC)c3OC)c2)cc1. The van der Waals surface area contributed by atoms with Crippen LogP contribution in [0, 0.1) is 0 Å². The number of aromatic nitrogens is 2. The maximum Gasteiger partial charge on any atom is 0.337 e. The van der Waals surface area contributed by atoms with E-state index >= 15 is 0 Å². The fourth-order valence-corrected chi connectivity index (χ4v) is 3.97. The van der Waals surface area contributed by atoms with Gasteiger partial charge in [0.15, 0.2) is 11.5 Å². The second-order valence-electron chi connectivity index (χ2n) is 8.30. The van der Waals surface area contributed by atoms with Gasteiger partial charge in [-0.05, 0) is 59.7 Å². The monoisotopic (exact) mass is 513 g/mol. The minimum Gasteiger partial charge on any atom is -0.493 e. The van der Waals surface area contributed by atoms with Crippen molar-refractivity contribution in [3.8, 4) is 22.6 Å². The summed E-state index contributed by atoms with van der Waals surface area (Å²) < 4.78 is 16.0. The first-order valence-corrected chi connectivity index (χ1v) is 11.5. The predicted molar refractivity (Wildman–Crippen MR) is 144 cm³/mol. The molecule has 4 aromatic rings. The molecule has 1 aromatic heterocycles. The molecule has 0 bridgehead atoms. The summed E-state index contributed by atoms with van der Waals surface area (Å²) in [5.41, 5.74) is 16.2. The van der Waals surface area contributed by atoms with Gasteiger partial charge in [0.1, 0.15) is 5.82 Å². The van der Waals surface area contributed by atoms with Gasteiger partial charge in [0, 0.05) is 35.0 Å². The van der Waals surface area contributed by atoms with E-state index < -0.39 is 5.97 Å². The molecule has 4 rings (SSSR count). The second-order valence-corrected chi connectivity index (χ2v) is 8.30. The standard InChI is InChI=1S/C28H27N5O5/c1-36-23-13-16(11-20-15-31-28(30)33-25(20)29)12-22(24(23)37-2)19-5-4-6-21(14-19)32-26(34)17-7-9-18(10-8-17)27(35)38-3/h4-10,12-15H,11H2,1-3H3,(H,32,34)(H4,29,30,31,33). The van der Waals surface area contributed by atoms with Gasteiger partial charge in [-0.25, -0.2) is 9.78 Å². The molecule has 0 spiro atoms. The van der Waals surface area contributed by atoms with E-state index in [1.807, 2.05) is 30.3 Å². The van der Waals surface area contributed by atoms with Gasteiger partial charge in [0.25, 0.3) is 5.91 Å². The van der Waals surface area contributed by atoms with Crippen LogP contribution < -0.4 is 26.3 Å². The molecule has 0 atom stereocenters. The van der Waals surface area contributed by atoms with Crippen LogP contribution in [-0.4, -0.2) is 43.2 Å². The molecule has 0 aliphatic heterocycles. The highest BCUT2D eigenvalue weighted by molar-refractivity contribution is 6.05. The number of hydrogen-bond acceptors (Lipinski definition) is 9. The van der Waals surface area contributed by atoms with Crippen LogP contribution in [0.5, 0.6) is 11.5 Å². The topological polar surface area (TPSA) is 152 Å². The Morgan fingerprint density at radius 2 is 1.66 bits per heavy atom. The summed E-state index contributed by atoms with van der Waals surface area (Å²) in [6.45, 7) is 0. The van der Waals surface area contributed by atoms with Crippen molar-refractivity contribution < 1.29 is 23.8 Å². The fraction of sp³-hybridized carbons (Fsp3) is 0.143. The van der Waals surface area contributed by atoms with Gasteiger partial charge in [-0.1, -0.05) is 12.1 Å². The molecule has 0 fully saturated rings. The molecule has 1 heterocycles. The number of esters is 1. The maximum atomic E-state index is 12.8. The van der Waals surface area contributed by atoms with Gasteiger partial charge in [-0.15, -0.1) is 0 Å². The van der Waals surface area contributed by atoms with Crippen molar-refractivity contribution in [1.29, 1.82) is 0 Å². The Labute approximate surface area is 219 Å². The number of nitrogens with one attached hydrogen (secondary N) is 1. The summed E-state index contributed by atoms with van der Waals surface area (Å²) in [6, 6.07) is 17.4. The van der Waals surface area contributed by atoms with Crippen molar-refractivity contribution in [3.63, 3.8) is 0 Å². The smallest absolute Gasteiger partial charge is 0.337 e. The van der Waals surface area contributed by atoms with Crippen LogP contribution in [0.3, 0.4) is 0 Å². The van der Waals surface area contributed by atoms with E-state index in [1.165, 1.54) is 7.11 Å². The zero-order valence-electron chi connectivity index (χ0n) is 21.1. The highest BCUT2D eigenvalue weighted by atomic mass is 16.5. The quantitative estimate of drug-likeness (QED) is 0.297. The number of anilines is 3. The zero-order valence-corrected chi connectivity index (χ0v) is 21.1. The lowest BCUT2D eigenvalue weighted by Gasteiger charge is -2.16. The number of ether oxygens (including phenoxy) is 3. The summed E-state index contributed by atoms with van der Waals surface area (Å²) in [4.78, 5) is 32.6. The average Bonchev–Trinajstić information content (AvgIpc) is 2.93. The Morgan fingerprint density at radius 1 is 0.921 bits per heavy atom. The molecule has 0 aliphatic rings. The third-order valence-corrected chi connectivity index (χ3v) is 5.85. The number of methoxy groups -OCH3 is 3. The number of carbonyl (C=O) groups excluding carboxylic acids is 2.